The maximum Gasteiger partial charge on any atom is 0.0940 e. The molecule has 0 aromatic carbocycles. The van der Waals surface area contributed by atoms with Crippen LogP contribution in [0.2, 0.25) is 0 Å². The van der Waals surface area contributed by atoms with E-state index >= 15 is 0 Å². The first-order valence-corrected chi connectivity index (χ1v) is 6.23. The second-order valence-electron chi connectivity index (χ2n) is 3.77. The summed E-state index contributed by atoms with van der Waals surface area (Å²) in [7, 11) is 1.74. The van der Waals surface area contributed by atoms with Crippen molar-refractivity contribution in [2.45, 2.75) is 32.7 Å². The molecule has 0 saturated heterocycles. The monoisotopic (exact) mass is 228 g/mol. The van der Waals surface area contributed by atoms with Crippen LogP contribution in [-0.4, -0.2) is 31.3 Å². The first-order valence-electron chi connectivity index (χ1n) is 5.35. The molecule has 1 unspecified atom stereocenters. The normalized spacial score (nSPS) is 13.0. The lowest BCUT2D eigenvalue weighted by Gasteiger charge is -2.12. The maximum atomic E-state index is 5.03. The number of thiazole rings is 1. The lowest BCUT2D eigenvalue weighted by Crippen LogP contribution is -2.29. The molecular weight excluding hydrogens is 208 g/mol. The van der Waals surface area contributed by atoms with Crippen molar-refractivity contribution in [1.82, 2.24) is 10.3 Å². The molecule has 3 nitrogen and oxygen atoms in total. The van der Waals surface area contributed by atoms with Crippen LogP contribution in [0.5, 0.6) is 0 Å². The maximum absolute atomic E-state index is 5.03. The van der Waals surface area contributed by atoms with Crippen molar-refractivity contribution in [3.8, 4) is 0 Å². The van der Waals surface area contributed by atoms with E-state index in [9.17, 15) is 0 Å². The van der Waals surface area contributed by atoms with Gasteiger partial charge in [-0.25, -0.2) is 4.98 Å². The molecule has 0 saturated carbocycles. The van der Waals surface area contributed by atoms with Crippen LogP contribution >= 0.6 is 11.3 Å². The average molecular weight is 228 g/mol. The van der Waals surface area contributed by atoms with Crippen LogP contribution < -0.4 is 5.32 Å². The molecule has 1 atom stereocenters. The van der Waals surface area contributed by atoms with Crippen LogP contribution in [0.3, 0.4) is 0 Å². The highest BCUT2D eigenvalue weighted by Crippen LogP contribution is 2.08. The summed E-state index contributed by atoms with van der Waals surface area (Å²) >= 11 is 1.74. The molecule has 0 bridgehead atoms. The highest BCUT2D eigenvalue weighted by atomic mass is 32.1. The van der Waals surface area contributed by atoms with Gasteiger partial charge in [0.25, 0.3) is 0 Å². The van der Waals surface area contributed by atoms with Crippen molar-refractivity contribution in [1.29, 1.82) is 0 Å². The first-order chi connectivity index (χ1) is 7.22. The average Bonchev–Trinajstić information content (AvgIpc) is 2.61. The molecule has 1 N–H and O–H groups in total. The van der Waals surface area contributed by atoms with E-state index in [-0.39, 0.29) is 0 Å². The van der Waals surface area contributed by atoms with Crippen molar-refractivity contribution >= 4 is 11.3 Å². The Morgan fingerprint density at radius 3 is 3.00 bits per heavy atom. The van der Waals surface area contributed by atoms with Gasteiger partial charge in [0.05, 0.1) is 5.01 Å². The summed E-state index contributed by atoms with van der Waals surface area (Å²) in [4.78, 5) is 4.42. The highest BCUT2D eigenvalue weighted by molar-refractivity contribution is 7.09. The summed E-state index contributed by atoms with van der Waals surface area (Å²) in [6, 6.07) is 0.519. The van der Waals surface area contributed by atoms with Gasteiger partial charge in [-0.3, -0.25) is 0 Å². The van der Waals surface area contributed by atoms with Gasteiger partial charge >= 0.3 is 0 Å². The van der Waals surface area contributed by atoms with E-state index in [0.29, 0.717) is 6.04 Å². The minimum absolute atomic E-state index is 0.519. The zero-order valence-electron chi connectivity index (χ0n) is 9.75. The lowest BCUT2D eigenvalue weighted by atomic mass is 10.2. The number of ether oxygens (including phenoxy) is 1. The molecular formula is C11H20N2OS. The summed E-state index contributed by atoms with van der Waals surface area (Å²) in [5, 5.41) is 6.78. The van der Waals surface area contributed by atoms with Crippen LogP contribution in [0, 0.1) is 6.92 Å². The van der Waals surface area contributed by atoms with Gasteiger partial charge in [0.2, 0.25) is 0 Å². The standard InChI is InChI=1S/C11H20N2OS/c1-9(5-7-14-3)12-6-4-11-13-10(2)8-15-11/h8-9,12H,4-7H2,1-3H3. The highest BCUT2D eigenvalue weighted by Gasteiger charge is 2.02. The Morgan fingerprint density at radius 2 is 2.40 bits per heavy atom. The summed E-state index contributed by atoms with van der Waals surface area (Å²) in [5.74, 6) is 0. The fraction of sp³-hybridized carbons (Fsp3) is 0.727. The summed E-state index contributed by atoms with van der Waals surface area (Å²) in [6.07, 6.45) is 2.09. The van der Waals surface area contributed by atoms with Gasteiger partial charge in [-0.2, -0.15) is 0 Å². The lowest BCUT2D eigenvalue weighted by molar-refractivity contribution is 0.185. The zero-order chi connectivity index (χ0) is 11.1. The molecule has 0 radical (unpaired) electrons. The van der Waals surface area contributed by atoms with Crippen molar-refractivity contribution in [2.24, 2.45) is 0 Å². The molecule has 4 heteroatoms. The Hall–Kier alpha value is -0.450. The van der Waals surface area contributed by atoms with E-state index in [1.54, 1.807) is 18.4 Å². The SMILES string of the molecule is COCCC(C)NCCc1nc(C)cs1. The van der Waals surface area contributed by atoms with Crippen molar-refractivity contribution < 1.29 is 4.74 Å². The number of nitrogens with zero attached hydrogens (tertiary/aromatic N) is 1. The van der Waals surface area contributed by atoms with Crippen LogP contribution in [0.15, 0.2) is 5.38 Å². The Kier molecular flexibility index (Phi) is 5.83. The Bertz CT molecular complexity index is 275. The Morgan fingerprint density at radius 1 is 1.60 bits per heavy atom. The van der Waals surface area contributed by atoms with Crippen LogP contribution in [0.25, 0.3) is 0 Å². The fourth-order valence-corrected chi connectivity index (χ4v) is 2.12. The molecule has 1 rings (SSSR count). The summed E-state index contributed by atoms with van der Waals surface area (Å²) in [6.45, 7) is 6.04. The second-order valence-corrected chi connectivity index (χ2v) is 4.71. The van der Waals surface area contributed by atoms with Gasteiger partial charge < -0.3 is 10.1 Å². The number of aryl methyl sites for hydroxylation is 1. The van der Waals surface area contributed by atoms with Gasteiger partial charge in [-0.1, -0.05) is 0 Å². The van der Waals surface area contributed by atoms with Gasteiger partial charge in [0, 0.05) is 43.8 Å². The number of hydrogen-bond acceptors (Lipinski definition) is 4. The predicted octanol–water partition coefficient (Wildman–Crippen LogP) is 2.01. The van der Waals surface area contributed by atoms with Crippen LogP contribution in [-0.2, 0) is 11.2 Å². The van der Waals surface area contributed by atoms with Crippen LogP contribution in [0.4, 0.5) is 0 Å². The number of nitrogens with one attached hydrogen (secondary N) is 1. The fourth-order valence-electron chi connectivity index (χ4n) is 1.34. The molecule has 15 heavy (non-hydrogen) atoms. The number of hydrogen-bond donors (Lipinski definition) is 1. The van der Waals surface area contributed by atoms with E-state index in [4.69, 9.17) is 4.74 Å². The minimum Gasteiger partial charge on any atom is -0.385 e. The summed E-state index contributed by atoms with van der Waals surface area (Å²) < 4.78 is 5.03. The Balaban J connectivity index is 2.10. The van der Waals surface area contributed by atoms with Crippen molar-refractivity contribution in [3.05, 3.63) is 16.1 Å². The topological polar surface area (TPSA) is 34.1 Å². The van der Waals surface area contributed by atoms with Gasteiger partial charge in [0.15, 0.2) is 0 Å². The van der Waals surface area contributed by atoms with Crippen molar-refractivity contribution in [2.75, 3.05) is 20.3 Å². The molecule has 1 heterocycles. The molecule has 0 aliphatic carbocycles. The van der Waals surface area contributed by atoms with Gasteiger partial charge in [-0.05, 0) is 20.3 Å². The molecule has 0 fully saturated rings. The molecule has 0 aliphatic rings. The molecule has 0 spiro atoms. The quantitative estimate of drug-likeness (QED) is 0.775. The predicted molar refractivity (Wildman–Crippen MR) is 64.5 cm³/mol. The number of aromatic nitrogens is 1. The minimum atomic E-state index is 0.519. The number of methoxy groups -OCH3 is 1. The van der Waals surface area contributed by atoms with Crippen molar-refractivity contribution in [3.63, 3.8) is 0 Å². The van der Waals surface area contributed by atoms with E-state index < -0.39 is 0 Å². The molecule has 0 amide bonds. The third-order valence-electron chi connectivity index (χ3n) is 2.25. The third kappa shape index (κ3) is 5.25. The number of rotatable bonds is 7. The Labute approximate surface area is 95.9 Å². The molecule has 1 aromatic heterocycles. The smallest absolute Gasteiger partial charge is 0.0940 e. The molecule has 1 aromatic rings. The van der Waals surface area contributed by atoms with E-state index in [1.165, 1.54) is 5.01 Å². The van der Waals surface area contributed by atoms with Crippen LogP contribution in [0.1, 0.15) is 24.0 Å². The van der Waals surface area contributed by atoms with Gasteiger partial charge in [0.1, 0.15) is 0 Å². The second kappa shape index (κ2) is 6.93. The third-order valence-corrected chi connectivity index (χ3v) is 3.28. The van der Waals surface area contributed by atoms with E-state index in [0.717, 1.165) is 31.7 Å². The molecule has 86 valence electrons. The zero-order valence-corrected chi connectivity index (χ0v) is 10.6. The first kappa shape index (κ1) is 12.6. The summed E-state index contributed by atoms with van der Waals surface area (Å²) in [5.41, 5.74) is 1.13. The van der Waals surface area contributed by atoms with E-state index in [2.05, 4.69) is 22.6 Å². The van der Waals surface area contributed by atoms with E-state index in [1.807, 2.05) is 6.92 Å². The largest absolute Gasteiger partial charge is 0.385 e. The van der Waals surface area contributed by atoms with Gasteiger partial charge in [-0.15, -0.1) is 11.3 Å². The molecule has 0 aliphatic heterocycles.